The zero-order valence-electron chi connectivity index (χ0n) is 16.3. The number of hydrogen-bond donors (Lipinski definition) is 0. The maximum absolute atomic E-state index is 13.7. The molecule has 3 aromatic carbocycles. The monoisotopic (exact) mass is 401 g/mol. The van der Waals surface area contributed by atoms with E-state index in [4.69, 9.17) is 0 Å². The highest BCUT2D eigenvalue weighted by atomic mass is 16.1. The third kappa shape index (κ3) is 2.33. The number of nitrogens with zero attached hydrogens (tertiary/aromatic N) is 1. The van der Waals surface area contributed by atoms with Gasteiger partial charge in [0.05, 0.1) is 22.2 Å². The van der Waals surface area contributed by atoms with Crippen molar-refractivity contribution >= 4 is 33.8 Å². The van der Waals surface area contributed by atoms with E-state index in [0.717, 1.165) is 10.9 Å². The molecule has 2 aromatic heterocycles. The van der Waals surface area contributed by atoms with Crippen LogP contribution >= 0.6 is 0 Å². The number of pyridine rings is 1. The van der Waals surface area contributed by atoms with Crippen molar-refractivity contribution in [1.82, 2.24) is 4.40 Å². The van der Waals surface area contributed by atoms with Crippen LogP contribution in [-0.2, 0) is 0 Å². The summed E-state index contributed by atoms with van der Waals surface area (Å²) < 4.78 is 1.77. The van der Waals surface area contributed by atoms with Gasteiger partial charge in [-0.25, -0.2) is 0 Å². The number of carbonyl (C=O) groups is 3. The number of benzene rings is 3. The number of fused-ring (bicyclic) bond motifs is 6. The number of aromatic nitrogens is 1. The molecule has 1 aliphatic rings. The molecule has 0 amide bonds. The van der Waals surface area contributed by atoms with Gasteiger partial charge in [-0.05, 0) is 17.5 Å². The molecule has 4 heteroatoms. The molecule has 0 atom stereocenters. The average Bonchev–Trinajstić information content (AvgIpc) is 3.19. The number of rotatable bonds is 2. The fourth-order valence-electron chi connectivity index (χ4n) is 4.54. The Hall–Kier alpha value is -4.31. The zero-order valence-corrected chi connectivity index (χ0v) is 16.3. The average molecular weight is 401 g/mol. The third-order valence-electron chi connectivity index (χ3n) is 5.93. The molecule has 0 aliphatic heterocycles. The Morgan fingerprint density at radius 2 is 1.19 bits per heavy atom. The van der Waals surface area contributed by atoms with E-state index in [0.29, 0.717) is 27.8 Å². The van der Waals surface area contributed by atoms with Crippen LogP contribution in [-0.4, -0.2) is 21.8 Å². The highest BCUT2D eigenvalue weighted by molar-refractivity contribution is 6.34. The summed E-state index contributed by atoms with van der Waals surface area (Å²) in [5.74, 6) is -0.809. The lowest BCUT2D eigenvalue weighted by Gasteiger charge is -2.15. The van der Waals surface area contributed by atoms with Crippen molar-refractivity contribution in [1.29, 1.82) is 0 Å². The second-order valence-electron chi connectivity index (χ2n) is 7.61. The quantitative estimate of drug-likeness (QED) is 0.379. The molecule has 0 fully saturated rings. The summed E-state index contributed by atoms with van der Waals surface area (Å²) in [4.78, 5) is 40.8. The predicted octanol–water partition coefficient (Wildman–Crippen LogP) is 5.10. The molecular weight excluding hydrogens is 386 g/mol. The van der Waals surface area contributed by atoms with Crippen LogP contribution in [0.1, 0.15) is 47.9 Å². The summed E-state index contributed by atoms with van der Waals surface area (Å²) in [5.41, 5.74) is 3.25. The smallest absolute Gasteiger partial charge is 0.210 e. The highest BCUT2D eigenvalue weighted by Crippen LogP contribution is 2.37. The van der Waals surface area contributed by atoms with Gasteiger partial charge >= 0.3 is 0 Å². The van der Waals surface area contributed by atoms with Crippen molar-refractivity contribution in [2.24, 2.45) is 0 Å². The molecule has 146 valence electrons. The number of carbonyl (C=O) groups excluding carboxylic acids is 3. The lowest BCUT2D eigenvalue weighted by Crippen LogP contribution is -2.21. The molecule has 0 radical (unpaired) electrons. The summed E-state index contributed by atoms with van der Waals surface area (Å²) in [6, 6.07) is 27.1. The van der Waals surface area contributed by atoms with Crippen LogP contribution in [0.4, 0.5) is 0 Å². The second kappa shape index (κ2) is 6.34. The minimum atomic E-state index is -0.294. The minimum absolute atomic E-state index is 0.189. The molecule has 0 spiro atoms. The summed E-state index contributed by atoms with van der Waals surface area (Å²) in [6.45, 7) is 0. The van der Waals surface area contributed by atoms with Crippen LogP contribution in [0.15, 0.2) is 91.0 Å². The fourth-order valence-corrected chi connectivity index (χ4v) is 4.54. The first-order valence-corrected chi connectivity index (χ1v) is 10.0. The third-order valence-corrected chi connectivity index (χ3v) is 5.93. The van der Waals surface area contributed by atoms with Crippen molar-refractivity contribution in [2.45, 2.75) is 0 Å². The van der Waals surface area contributed by atoms with Crippen LogP contribution in [0.3, 0.4) is 0 Å². The predicted molar refractivity (Wildman–Crippen MR) is 118 cm³/mol. The second-order valence-corrected chi connectivity index (χ2v) is 7.61. The molecule has 4 nitrogen and oxygen atoms in total. The first kappa shape index (κ1) is 17.5. The van der Waals surface area contributed by atoms with Crippen LogP contribution in [0.25, 0.3) is 16.4 Å². The van der Waals surface area contributed by atoms with E-state index in [1.165, 1.54) is 0 Å². The van der Waals surface area contributed by atoms with E-state index in [-0.39, 0.29) is 28.6 Å². The van der Waals surface area contributed by atoms with Crippen molar-refractivity contribution in [3.05, 3.63) is 125 Å². The van der Waals surface area contributed by atoms with Crippen LogP contribution < -0.4 is 0 Å². The van der Waals surface area contributed by atoms with E-state index < -0.39 is 0 Å². The first-order chi connectivity index (χ1) is 15.2. The molecule has 2 heterocycles. The fraction of sp³-hybridized carbons (Fsp3) is 0. The van der Waals surface area contributed by atoms with E-state index in [1.807, 2.05) is 42.5 Å². The largest absolute Gasteiger partial charge is 0.305 e. The van der Waals surface area contributed by atoms with Crippen LogP contribution in [0.2, 0.25) is 0 Å². The van der Waals surface area contributed by atoms with Crippen molar-refractivity contribution in [3.63, 3.8) is 0 Å². The van der Waals surface area contributed by atoms with Crippen LogP contribution in [0, 0.1) is 0 Å². The molecule has 5 aromatic rings. The van der Waals surface area contributed by atoms with Gasteiger partial charge in [-0.3, -0.25) is 14.4 Å². The van der Waals surface area contributed by atoms with E-state index >= 15 is 0 Å². The molecule has 0 saturated carbocycles. The molecule has 0 unspecified atom stereocenters. The van der Waals surface area contributed by atoms with Gasteiger partial charge in [-0.1, -0.05) is 78.9 Å². The van der Waals surface area contributed by atoms with Gasteiger partial charge in [0.25, 0.3) is 0 Å². The Balaban J connectivity index is 1.80. The topological polar surface area (TPSA) is 55.6 Å². The van der Waals surface area contributed by atoms with Crippen molar-refractivity contribution in [3.8, 4) is 0 Å². The highest BCUT2D eigenvalue weighted by Gasteiger charge is 2.38. The van der Waals surface area contributed by atoms with Crippen molar-refractivity contribution in [2.75, 3.05) is 0 Å². The zero-order chi connectivity index (χ0) is 21.1. The van der Waals surface area contributed by atoms with Gasteiger partial charge in [0.1, 0.15) is 5.69 Å². The number of para-hydroxylation sites is 1. The normalized spacial score (nSPS) is 12.8. The lowest BCUT2D eigenvalue weighted by molar-refractivity contribution is 0.0973. The van der Waals surface area contributed by atoms with E-state index in [2.05, 4.69) is 0 Å². The Morgan fingerprint density at radius 1 is 0.581 bits per heavy atom. The van der Waals surface area contributed by atoms with Gasteiger partial charge in [0.2, 0.25) is 5.78 Å². The summed E-state index contributed by atoms with van der Waals surface area (Å²) in [7, 11) is 0. The molecule has 0 saturated heterocycles. The molecule has 0 N–H and O–H groups in total. The lowest BCUT2D eigenvalue weighted by atomic mass is 9.84. The maximum atomic E-state index is 13.7. The van der Waals surface area contributed by atoms with Gasteiger partial charge in [-0.15, -0.1) is 0 Å². The Labute approximate surface area is 177 Å². The molecule has 31 heavy (non-hydrogen) atoms. The summed E-state index contributed by atoms with van der Waals surface area (Å²) in [5, 5.41) is 0.918. The Kier molecular flexibility index (Phi) is 3.59. The minimum Gasteiger partial charge on any atom is -0.305 e. The Bertz CT molecular complexity index is 1580. The van der Waals surface area contributed by atoms with E-state index in [9.17, 15) is 14.4 Å². The first-order valence-electron chi connectivity index (χ1n) is 10.0. The maximum Gasteiger partial charge on any atom is 0.210 e. The van der Waals surface area contributed by atoms with Crippen LogP contribution in [0.5, 0.6) is 0 Å². The molecular formula is C27H15NO3. The molecule has 0 bridgehead atoms. The molecule has 1 aliphatic carbocycles. The number of hydrogen-bond acceptors (Lipinski definition) is 3. The van der Waals surface area contributed by atoms with Gasteiger partial charge in [-0.2, -0.15) is 0 Å². The van der Waals surface area contributed by atoms with Gasteiger partial charge < -0.3 is 4.40 Å². The molecule has 6 rings (SSSR count). The van der Waals surface area contributed by atoms with E-state index in [1.54, 1.807) is 52.9 Å². The van der Waals surface area contributed by atoms with Gasteiger partial charge in [0, 0.05) is 16.7 Å². The summed E-state index contributed by atoms with van der Waals surface area (Å²) in [6.07, 6.45) is 0. The Morgan fingerprint density at radius 3 is 1.94 bits per heavy atom. The SMILES string of the molecule is O=C1c2ccccc2C(=O)c2c1c(C(=O)c1ccccc1)n1c2ccc2ccccc21. The summed E-state index contributed by atoms with van der Waals surface area (Å²) >= 11 is 0. The number of ketones is 3. The standard InChI is InChI=1S/C27H15NO3/c29-25(17-9-2-1-3-10-17)24-23-22(26(30)18-11-5-6-12-19(18)27(23)31)21-15-14-16-8-4-7-13-20(16)28(21)24/h1-15H. The van der Waals surface area contributed by atoms with Crippen molar-refractivity contribution < 1.29 is 14.4 Å². The van der Waals surface area contributed by atoms with Gasteiger partial charge in [0.15, 0.2) is 11.6 Å².